The average molecular weight is 294 g/mol. The van der Waals surface area contributed by atoms with Gasteiger partial charge in [0.2, 0.25) is 0 Å². The van der Waals surface area contributed by atoms with E-state index < -0.39 is 0 Å². The summed E-state index contributed by atoms with van der Waals surface area (Å²) < 4.78 is 0. The fourth-order valence-corrected chi connectivity index (χ4v) is 3.31. The van der Waals surface area contributed by atoms with Gasteiger partial charge >= 0.3 is 0 Å². The molecule has 4 heteroatoms. The molecule has 2 aromatic carbocycles. The summed E-state index contributed by atoms with van der Waals surface area (Å²) in [6, 6.07) is 11.7. The second-order valence-electron chi connectivity index (χ2n) is 4.54. The number of aliphatic hydroxyl groups is 1. The van der Waals surface area contributed by atoms with Crippen molar-refractivity contribution >= 4 is 31.8 Å². The van der Waals surface area contributed by atoms with E-state index in [-0.39, 0.29) is 5.85 Å². The van der Waals surface area contributed by atoms with Gasteiger partial charge in [-0.25, -0.2) is 0 Å². The Morgan fingerprint density at radius 3 is 2.63 bits per heavy atom. The number of rotatable bonds is 6. The minimum Gasteiger partial charge on any atom is -0.507 e. The third-order valence-corrected chi connectivity index (χ3v) is 4.74. The Balaban J connectivity index is 1.99. The maximum Gasteiger partial charge on any atom is 0.123 e. The molecule has 0 spiro atoms. The summed E-state index contributed by atoms with van der Waals surface area (Å²) in [5, 5.41) is 21.0. The topological polar surface area (TPSA) is 40.5 Å². The molecule has 0 aromatic heterocycles. The Hall–Kier alpha value is -0.760. The van der Waals surface area contributed by atoms with Crippen LogP contribution in [0, 0.1) is 0 Å². The number of aromatic hydroxyl groups is 1. The third kappa shape index (κ3) is 4.10. The van der Waals surface area contributed by atoms with E-state index in [0.29, 0.717) is 5.75 Å². The van der Waals surface area contributed by atoms with Crippen molar-refractivity contribution in [3.05, 3.63) is 42.0 Å². The fraction of sp³-hybridized carbons (Fsp3) is 0.333. The zero-order valence-electron chi connectivity index (χ0n) is 10.7. The lowest BCUT2D eigenvalue weighted by Crippen LogP contribution is -1.99. The summed E-state index contributed by atoms with van der Waals surface area (Å²) in [5.41, 5.74) is 1.28. The molecule has 2 atom stereocenters. The van der Waals surface area contributed by atoms with E-state index in [1.807, 2.05) is 18.2 Å². The van der Waals surface area contributed by atoms with E-state index in [2.05, 4.69) is 21.4 Å². The molecule has 2 nitrogen and oxygen atoms in total. The van der Waals surface area contributed by atoms with Crippen LogP contribution in [0.25, 0.3) is 10.8 Å². The van der Waals surface area contributed by atoms with Gasteiger partial charge in [0.1, 0.15) is 5.75 Å². The standard InChI is InChI=1S/C15H19O2PS/c16-14-8-2-6-12-11(4-1-7-13(12)14)5-3-9-19-10-15(17)18/h1-2,4,6-8,15-17H,3,5,9-10,18H2. The maximum atomic E-state index is 9.83. The molecule has 2 aromatic rings. The molecule has 0 aliphatic rings. The summed E-state index contributed by atoms with van der Waals surface area (Å²) >= 11 is 1.77. The van der Waals surface area contributed by atoms with E-state index >= 15 is 0 Å². The largest absolute Gasteiger partial charge is 0.507 e. The number of aryl methyl sites for hydroxylation is 1. The number of hydrogen-bond donors (Lipinski definition) is 2. The first-order valence-electron chi connectivity index (χ1n) is 6.39. The first kappa shape index (κ1) is 14.6. The molecule has 0 aliphatic heterocycles. The monoisotopic (exact) mass is 294 g/mol. The SMILES string of the molecule is Oc1cccc2c(CCCSCC(O)P)cccc12. The first-order chi connectivity index (χ1) is 9.18. The summed E-state index contributed by atoms with van der Waals surface area (Å²) in [6.07, 6.45) is 2.08. The van der Waals surface area contributed by atoms with Crippen LogP contribution < -0.4 is 0 Å². The number of fused-ring (bicyclic) bond motifs is 1. The van der Waals surface area contributed by atoms with Crippen LogP contribution in [0.5, 0.6) is 5.75 Å². The Morgan fingerprint density at radius 2 is 1.84 bits per heavy atom. The van der Waals surface area contributed by atoms with Crippen LogP contribution in [0.3, 0.4) is 0 Å². The van der Waals surface area contributed by atoms with Gasteiger partial charge in [0, 0.05) is 11.1 Å². The quantitative estimate of drug-likeness (QED) is 0.633. The second kappa shape index (κ2) is 7.14. The minimum atomic E-state index is -0.306. The zero-order valence-corrected chi connectivity index (χ0v) is 12.7. The third-order valence-electron chi connectivity index (χ3n) is 3.01. The van der Waals surface area contributed by atoms with Crippen molar-refractivity contribution in [2.45, 2.75) is 18.7 Å². The van der Waals surface area contributed by atoms with Crippen LogP contribution in [0.4, 0.5) is 0 Å². The minimum absolute atomic E-state index is 0.306. The molecule has 102 valence electrons. The summed E-state index contributed by atoms with van der Waals surface area (Å²) in [5.74, 6) is 1.85. The maximum absolute atomic E-state index is 9.83. The molecule has 0 bridgehead atoms. The molecular formula is C15H19O2PS. The van der Waals surface area contributed by atoms with Crippen molar-refractivity contribution in [1.29, 1.82) is 0 Å². The molecule has 0 saturated carbocycles. The lowest BCUT2D eigenvalue weighted by molar-refractivity contribution is 0.287. The van der Waals surface area contributed by atoms with E-state index in [1.54, 1.807) is 17.8 Å². The van der Waals surface area contributed by atoms with E-state index in [4.69, 9.17) is 5.11 Å². The number of thioether (sulfide) groups is 1. The molecule has 2 unspecified atom stereocenters. The average Bonchev–Trinajstić information content (AvgIpc) is 2.39. The van der Waals surface area contributed by atoms with Crippen molar-refractivity contribution in [2.24, 2.45) is 0 Å². The molecule has 0 saturated heterocycles. The highest BCUT2D eigenvalue weighted by Crippen LogP contribution is 2.27. The van der Waals surface area contributed by atoms with Crippen molar-refractivity contribution in [3.63, 3.8) is 0 Å². The van der Waals surface area contributed by atoms with Crippen molar-refractivity contribution in [2.75, 3.05) is 11.5 Å². The van der Waals surface area contributed by atoms with Gasteiger partial charge in [-0.05, 0) is 35.6 Å². The Labute approximate surface area is 120 Å². The number of aliphatic hydroxyl groups excluding tert-OH is 1. The molecular weight excluding hydrogens is 275 g/mol. The van der Waals surface area contributed by atoms with Crippen LogP contribution in [0.2, 0.25) is 0 Å². The van der Waals surface area contributed by atoms with E-state index in [1.165, 1.54) is 5.56 Å². The second-order valence-corrected chi connectivity index (χ2v) is 6.45. The van der Waals surface area contributed by atoms with Crippen LogP contribution in [-0.2, 0) is 6.42 Å². The highest BCUT2D eigenvalue weighted by atomic mass is 32.2. The summed E-state index contributed by atoms with van der Waals surface area (Å²) in [6.45, 7) is 0. The zero-order chi connectivity index (χ0) is 13.7. The predicted octanol–water partition coefficient (Wildman–Crippen LogP) is 3.40. The van der Waals surface area contributed by atoms with Gasteiger partial charge in [-0.2, -0.15) is 11.8 Å². The van der Waals surface area contributed by atoms with Crippen molar-refractivity contribution in [3.8, 4) is 5.75 Å². The van der Waals surface area contributed by atoms with Gasteiger partial charge in [-0.15, -0.1) is 9.24 Å². The van der Waals surface area contributed by atoms with Crippen LogP contribution in [-0.4, -0.2) is 27.6 Å². The summed E-state index contributed by atoms with van der Waals surface area (Å²) in [7, 11) is 2.40. The first-order valence-corrected chi connectivity index (χ1v) is 8.21. The number of phenolic OH excluding ortho intramolecular Hbond substituents is 1. The molecule has 19 heavy (non-hydrogen) atoms. The Bertz CT molecular complexity index is 543. The van der Waals surface area contributed by atoms with Gasteiger partial charge in [-0.3, -0.25) is 0 Å². The lowest BCUT2D eigenvalue weighted by Gasteiger charge is -2.08. The number of hydrogen-bond acceptors (Lipinski definition) is 3. The normalized spacial score (nSPS) is 12.7. The smallest absolute Gasteiger partial charge is 0.123 e. The van der Waals surface area contributed by atoms with Gasteiger partial charge in [0.15, 0.2) is 0 Å². The molecule has 0 amide bonds. The van der Waals surface area contributed by atoms with Gasteiger partial charge in [-0.1, -0.05) is 30.3 Å². The molecule has 2 N–H and O–H groups in total. The van der Waals surface area contributed by atoms with E-state index in [0.717, 1.165) is 35.1 Å². The van der Waals surface area contributed by atoms with Crippen molar-refractivity contribution in [1.82, 2.24) is 0 Å². The molecule has 0 aliphatic carbocycles. The Kier molecular flexibility index (Phi) is 5.50. The van der Waals surface area contributed by atoms with Gasteiger partial charge in [0.25, 0.3) is 0 Å². The van der Waals surface area contributed by atoms with Gasteiger partial charge < -0.3 is 10.2 Å². The summed E-state index contributed by atoms with van der Waals surface area (Å²) in [4.78, 5) is 0. The molecule has 2 rings (SSSR count). The predicted molar refractivity (Wildman–Crippen MR) is 87.0 cm³/mol. The molecule has 0 fully saturated rings. The molecule has 0 heterocycles. The van der Waals surface area contributed by atoms with Crippen LogP contribution in [0.1, 0.15) is 12.0 Å². The highest BCUT2D eigenvalue weighted by Gasteiger charge is 2.04. The van der Waals surface area contributed by atoms with Gasteiger partial charge in [0.05, 0.1) is 5.85 Å². The fourth-order valence-electron chi connectivity index (χ4n) is 2.15. The Morgan fingerprint density at radius 1 is 1.11 bits per heavy atom. The lowest BCUT2D eigenvalue weighted by atomic mass is 10.0. The van der Waals surface area contributed by atoms with Crippen LogP contribution in [0.15, 0.2) is 36.4 Å². The van der Waals surface area contributed by atoms with E-state index in [9.17, 15) is 5.11 Å². The van der Waals surface area contributed by atoms with Crippen molar-refractivity contribution < 1.29 is 10.2 Å². The number of phenols is 1. The van der Waals surface area contributed by atoms with Crippen LogP contribution >= 0.6 is 21.0 Å². The highest BCUT2D eigenvalue weighted by molar-refractivity contribution is 7.99. The molecule has 0 radical (unpaired) electrons. The number of benzene rings is 2.